The first-order chi connectivity index (χ1) is 10.8. The number of carboxylic acids is 1. The molecule has 2 N–H and O–H groups in total. The zero-order chi connectivity index (χ0) is 17.0. The van der Waals surface area contributed by atoms with E-state index in [1.165, 1.54) is 11.2 Å². The number of likely N-dealkylation sites (tertiary alicyclic amines) is 1. The van der Waals surface area contributed by atoms with Gasteiger partial charge in [0.25, 0.3) is 5.91 Å². The third-order valence-corrected chi connectivity index (χ3v) is 4.08. The van der Waals surface area contributed by atoms with Crippen LogP contribution in [0.3, 0.4) is 0 Å². The fourth-order valence-electron chi connectivity index (χ4n) is 2.49. The number of rotatable bonds is 5. The minimum Gasteiger partial charge on any atom is -0.481 e. The van der Waals surface area contributed by atoms with Gasteiger partial charge in [-0.15, -0.1) is 0 Å². The third kappa shape index (κ3) is 3.91. The summed E-state index contributed by atoms with van der Waals surface area (Å²) in [6, 6.07) is 2.60. The van der Waals surface area contributed by atoms with E-state index in [4.69, 9.17) is 9.52 Å². The van der Waals surface area contributed by atoms with Crippen molar-refractivity contribution in [2.45, 2.75) is 39.2 Å². The van der Waals surface area contributed by atoms with Crippen LogP contribution in [-0.2, 0) is 9.59 Å². The van der Waals surface area contributed by atoms with Crippen molar-refractivity contribution in [1.82, 2.24) is 10.2 Å². The van der Waals surface area contributed by atoms with Gasteiger partial charge in [0.05, 0.1) is 11.7 Å². The van der Waals surface area contributed by atoms with Gasteiger partial charge >= 0.3 is 5.97 Å². The van der Waals surface area contributed by atoms with E-state index in [2.05, 4.69) is 5.32 Å². The minimum absolute atomic E-state index is 0.0143. The first kappa shape index (κ1) is 17.1. The van der Waals surface area contributed by atoms with Crippen molar-refractivity contribution in [3.8, 4) is 0 Å². The van der Waals surface area contributed by atoms with Gasteiger partial charge in [0.1, 0.15) is 6.04 Å². The summed E-state index contributed by atoms with van der Waals surface area (Å²) in [5.41, 5.74) is -1.06. The lowest BCUT2D eigenvalue weighted by Gasteiger charge is -2.34. The van der Waals surface area contributed by atoms with E-state index < -0.39 is 17.4 Å². The zero-order valence-corrected chi connectivity index (χ0v) is 13.4. The fourth-order valence-corrected chi connectivity index (χ4v) is 2.49. The second-order valence-corrected chi connectivity index (χ2v) is 6.39. The van der Waals surface area contributed by atoms with Gasteiger partial charge < -0.3 is 19.7 Å². The number of carboxylic acid groups (broad SMARTS) is 1. The summed E-state index contributed by atoms with van der Waals surface area (Å²) in [5.74, 6) is -1.41. The molecule has 1 saturated heterocycles. The number of amides is 2. The molecule has 0 radical (unpaired) electrons. The summed E-state index contributed by atoms with van der Waals surface area (Å²) < 4.78 is 5.12. The van der Waals surface area contributed by atoms with E-state index in [9.17, 15) is 14.4 Å². The van der Waals surface area contributed by atoms with E-state index in [1.807, 2.05) is 0 Å². The number of nitrogens with one attached hydrogen (secondary N) is 1. The van der Waals surface area contributed by atoms with Gasteiger partial charge in [-0.05, 0) is 45.2 Å². The molecule has 1 aliphatic rings. The number of hydrogen-bond acceptors (Lipinski definition) is 4. The summed E-state index contributed by atoms with van der Waals surface area (Å²) in [6.45, 7) is 3.59. The lowest BCUT2D eigenvalue weighted by molar-refractivity contribution is -0.147. The van der Waals surface area contributed by atoms with E-state index in [1.54, 1.807) is 26.0 Å². The van der Waals surface area contributed by atoms with Crippen LogP contribution >= 0.6 is 0 Å². The van der Waals surface area contributed by atoms with Gasteiger partial charge in [-0.25, -0.2) is 0 Å². The Morgan fingerprint density at radius 2 is 2.13 bits per heavy atom. The molecule has 23 heavy (non-hydrogen) atoms. The van der Waals surface area contributed by atoms with Crippen molar-refractivity contribution >= 4 is 17.8 Å². The van der Waals surface area contributed by atoms with Crippen LogP contribution in [0.4, 0.5) is 0 Å². The van der Waals surface area contributed by atoms with Crippen LogP contribution in [-0.4, -0.2) is 46.9 Å². The number of piperidine rings is 1. The van der Waals surface area contributed by atoms with Crippen LogP contribution in [0.15, 0.2) is 22.8 Å². The quantitative estimate of drug-likeness (QED) is 0.856. The Balaban J connectivity index is 2.04. The van der Waals surface area contributed by atoms with Crippen molar-refractivity contribution in [2.75, 3.05) is 13.1 Å². The molecule has 2 rings (SSSR count). The van der Waals surface area contributed by atoms with Crippen molar-refractivity contribution < 1.29 is 23.9 Å². The van der Waals surface area contributed by atoms with Gasteiger partial charge in [0.15, 0.2) is 5.76 Å². The highest BCUT2D eigenvalue weighted by Gasteiger charge is 2.35. The number of carbonyl (C=O) groups is 3. The molecule has 126 valence electrons. The zero-order valence-electron chi connectivity index (χ0n) is 13.4. The highest BCUT2D eigenvalue weighted by molar-refractivity contribution is 5.95. The van der Waals surface area contributed by atoms with Crippen molar-refractivity contribution in [1.29, 1.82) is 0 Å². The standard InChI is InChI=1S/C16H22N2O5/c1-16(2,15(21)22)10-17-13(19)11-6-3-4-8-18(11)14(20)12-7-5-9-23-12/h5,7,9,11H,3-4,6,8,10H2,1-2H3,(H,17,19)(H,21,22). The van der Waals surface area contributed by atoms with Crippen LogP contribution in [0.1, 0.15) is 43.7 Å². The number of carbonyl (C=O) groups excluding carboxylic acids is 2. The average Bonchev–Trinajstić information content (AvgIpc) is 3.06. The molecule has 7 nitrogen and oxygen atoms in total. The first-order valence-electron chi connectivity index (χ1n) is 7.68. The van der Waals surface area contributed by atoms with E-state index in [0.717, 1.165) is 12.8 Å². The fraction of sp³-hybridized carbons (Fsp3) is 0.562. The van der Waals surface area contributed by atoms with Crippen molar-refractivity contribution in [3.63, 3.8) is 0 Å². The smallest absolute Gasteiger partial charge is 0.310 e. The second kappa shape index (κ2) is 6.85. The van der Waals surface area contributed by atoms with Crippen LogP contribution in [0, 0.1) is 5.41 Å². The molecule has 2 heterocycles. The highest BCUT2D eigenvalue weighted by Crippen LogP contribution is 2.21. The molecular weight excluding hydrogens is 300 g/mol. The average molecular weight is 322 g/mol. The number of furan rings is 1. The molecule has 0 spiro atoms. The highest BCUT2D eigenvalue weighted by atomic mass is 16.4. The summed E-state index contributed by atoms with van der Waals surface area (Å²) in [4.78, 5) is 37.5. The molecule has 7 heteroatoms. The van der Waals surface area contributed by atoms with E-state index >= 15 is 0 Å². The van der Waals surface area contributed by atoms with Gasteiger partial charge in [0.2, 0.25) is 5.91 Å². The normalized spacial score (nSPS) is 18.5. The van der Waals surface area contributed by atoms with Crippen LogP contribution < -0.4 is 5.32 Å². The Bertz CT molecular complexity index is 579. The SMILES string of the molecule is CC(C)(CNC(=O)C1CCCCN1C(=O)c1ccco1)C(=O)O. The lowest BCUT2D eigenvalue weighted by atomic mass is 9.93. The number of aliphatic carboxylic acids is 1. The summed E-state index contributed by atoms with van der Waals surface area (Å²) in [6.07, 6.45) is 3.66. The third-order valence-electron chi connectivity index (χ3n) is 4.08. The molecule has 1 aromatic rings. The van der Waals surface area contributed by atoms with Gasteiger partial charge in [-0.2, -0.15) is 0 Å². The molecule has 0 aliphatic carbocycles. The first-order valence-corrected chi connectivity index (χ1v) is 7.68. The maximum Gasteiger partial charge on any atom is 0.310 e. The monoisotopic (exact) mass is 322 g/mol. The lowest BCUT2D eigenvalue weighted by Crippen LogP contribution is -2.53. The van der Waals surface area contributed by atoms with Crippen LogP contribution in [0.25, 0.3) is 0 Å². The Labute approximate surface area is 134 Å². The Morgan fingerprint density at radius 1 is 1.39 bits per heavy atom. The minimum atomic E-state index is -1.06. The molecule has 0 saturated carbocycles. The Morgan fingerprint density at radius 3 is 2.74 bits per heavy atom. The molecule has 1 aromatic heterocycles. The molecule has 1 aliphatic heterocycles. The summed E-state index contributed by atoms with van der Waals surface area (Å²) in [7, 11) is 0. The van der Waals surface area contributed by atoms with E-state index in [-0.39, 0.29) is 24.1 Å². The molecule has 2 amide bonds. The summed E-state index contributed by atoms with van der Waals surface area (Å²) in [5, 5.41) is 11.8. The maximum atomic E-state index is 12.4. The topological polar surface area (TPSA) is 99.9 Å². The van der Waals surface area contributed by atoms with E-state index in [0.29, 0.717) is 13.0 Å². The Hall–Kier alpha value is -2.31. The predicted molar refractivity (Wildman–Crippen MR) is 81.8 cm³/mol. The maximum absolute atomic E-state index is 12.4. The largest absolute Gasteiger partial charge is 0.481 e. The molecule has 1 fully saturated rings. The Kier molecular flexibility index (Phi) is 5.08. The molecule has 1 unspecified atom stereocenters. The molecule has 0 bridgehead atoms. The van der Waals surface area contributed by atoms with Gasteiger partial charge in [-0.1, -0.05) is 0 Å². The molecule has 0 aromatic carbocycles. The van der Waals surface area contributed by atoms with Crippen LogP contribution in [0.2, 0.25) is 0 Å². The summed E-state index contributed by atoms with van der Waals surface area (Å²) >= 11 is 0. The van der Waals surface area contributed by atoms with Crippen molar-refractivity contribution in [2.24, 2.45) is 5.41 Å². The number of nitrogens with zero attached hydrogens (tertiary/aromatic N) is 1. The van der Waals surface area contributed by atoms with Gasteiger partial charge in [0, 0.05) is 13.1 Å². The number of hydrogen-bond donors (Lipinski definition) is 2. The molecular formula is C16H22N2O5. The molecule has 1 atom stereocenters. The second-order valence-electron chi connectivity index (χ2n) is 6.39. The predicted octanol–water partition coefficient (Wildman–Crippen LogP) is 1.50. The van der Waals surface area contributed by atoms with Gasteiger partial charge in [-0.3, -0.25) is 14.4 Å². The van der Waals surface area contributed by atoms with Crippen LogP contribution in [0.5, 0.6) is 0 Å². The van der Waals surface area contributed by atoms with Crippen molar-refractivity contribution in [3.05, 3.63) is 24.2 Å².